The predicted octanol–water partition coefficient (Wildman–Crippen LogP) is 2.88. The molecule has 0 fully saturated rings. The van der Waals surface area contributed by atoms with Crippen LogP contribution in [0.1, 0.15) is 34.2 Å². The van der Waals surface area contributed by atoms with Crippen molar-refractivity contribution in [3.8, 4) is 11.5 Å². The summed E-state index contributed by atoms with van der Waals surface area (Å²) in [7, 11) is 1.85. The molecule has 4 rings (SSSR count). The zero-order valence-electron chi connectivity index (χ0n) is 18.5. The molecule has 0 aliphatic rings. The monoisotopic (exact) mass is 461 g/mol. The Hall–Kier alpha value is -4.18. The summed E-state index contributed by atoms with van der Waals surface area (Å²) in [4.78, 5) is 21.0. The van der Waals surface area contributed by atoms with Gasteiger partial charge in [-0.2, -0.15) is 0 Å². The first-order valence-corrected chi connectivity index (χ1v) is 10.7. The fourth-order valence-corrected chi connectivity index (χ4v) is 3.55. The van der Waals surface area contributed by atoms with Crippen LogP contribution in [0, 0.1) is 5.82 Å². The molecule has 1 unspecified atom stereocenters. The maximum absolute atomic E-state index is 14.2. The normalized spacial score (nSPS) is 11.7. The summed E-state index contributed by atoms with van der Waals surface area (Å²) in [5.74, 6) is 0.512. The number of anilines is 1. The number of rotatable bonds is 9. The van der Waals surface area contributed by atoms with Crippen LogP contribution in [0.15, 0.2) is 67.1 Å². The van der Waals surface area contributed by atoms with E-state index < -0.39 is 11.9 Å². The number of benzene rings is 2. The topological polar surface area (TPSA) is 118 Å². The Bertz CT molecular complexity index is 1260. The van der Waals surface area contributed by atoms with Crippen molar-refractivity contribution in [3.63, 3.8) is 0 Å². The van der Waals surface area contributed by atoms with Gasteiger partial charge in [-0.25, -0.2) is 14.4 Å². The van der Waals surface area contributed by atoms with Crippen molar-refractivity contribution in [1.29, 1.82) is 0 Å². The van der Waals surface area contributed by atoms with Crippen molar-refractivity contribution in [2.75, 3.05) is 11.9 Å². The Balaban J connectivity index is 1.44. The molecule has 0 saturated carbocycles. The highest BCUT2D eigenvalue weighted by atomic mass is 19.1. The standard InChI is InChI=1S/C24H24FN7O2/c1-32-22(30-31-23(32)21-9-11-26-15-28-21)14-27-17-6-4-5-16(13-17)24(34)29-20(10-12-33)18-7-2-3-8-19(18)25/h2-9,11,13,15,20,27,33H,10,12,14H2,1H3,(H,29,34). The fourth-order valence-electron chi connectivity index (χ4n) is 3.55. The number of aliphatic hydroxyl groups is 1. The average Bonchev–Trinajstić information content (AvgIpc) is 3.23. The number of aliphatic hydroxyl groups excluding tert-OH is 1. The van der Waals surface area contributed by atoms with E-state index in [1.165, 1.54) is 12.4 Å². The van der Waals surface area contributed by atoms with Crippen LogP contribution in [-0.4, -0.2) is 42.4 Å². The lowest BCUT2D eigenvalue weighted by molar-refractivity contribution is 0.0929. The fraction of sp³-hybridized carbons (Fsp3) is 0.208. The molecule has 0 aliphatic heterocycles. The van der Waals surface area contributed by atoms with E-state index in [0.29, 0.717) is 40.7 Å². The van der Waals surface area contributed by atoms with Crippen LogP contribution in [0.5, 0.6) is 0 Å². The SMILES string of the molecule is Cn1c(CNc2cccc(C(=O)NC(CCO)c3ccccc3F)c2)nnc1-c1ccncn1. The molecule has 0 spiro atoms. The number of amides is 1. The lowest BCUT2D eigenvalue weighted by Gasteiger charge is -2.19. The highest BCUT2D eigenvalue weighted by Crippen LogP contribution is 2.21. The lowest BCUT2D eigenvalue weighted by atomic mass is 10.0. The molecule has 1 atom stereocenters. The van der Waals surface area contributed by atoms with E-state index in [1.807, 2.05) is 17.7 Å². The first-order valence-electron chi connectivity index (χ1n) is 10.7. The Morgan fingerprint density at radius 2 is 2.00 bits per heavy atom. The summed E-state index contributed by atoms with van der Waals surface area (Å²) < 4.78 is 16.1. The molecule has 34 heavy (non-hydrogen) atoms. The molecule has 9 nitrogen and oxygen atoms in total. The molecule has 0 bridgehead atoms. The van der Waals surface area contributed by atoms with Crippen molar-refractivity contribution >= 4 is 11.6 Å². The van der Waals surface area contributed by atoms with E-state index in [4.69, 9.17) is 0 Å². The number of hydrogen-bond acceptors (Lipinski definition) is 7. The first kappa shape index (κ1) is 23.0. The van der Waals surface area contributed by atoms with Crippen molar-refractivity contribution < 1.29 is 14.3 Å². The molecule has 2 aromatic heterocycles. The van der Waals surface area contributed by atoms with Gasteiger partial charge in [-0.05, 0) is 36.8 Å². The number of halogens is 1. The van der Waals surface area contributed by atoms with Gasteiger partial charge in [0.05, 0.1) is 12.6 Å². The van der Waals surface area contributed by atoms with E-state index in [-0.39, 0.29) is 18.9 Å². The number of carbonyl (C=O) groups excluding carboxylic acids is 1. The third kappa shape index (κ3) is 5.24. The van der Waals surface area contributed by atoms with Crippen LogP contribution in [0.3, 0.4) is 0 Å². The number of carbonyl (C=O) groups is 1. The molecular weight excluding hydrogens is 437 g/mol. The summed E-state index contributed by atoms with van der Waals surface area (Å²) in [6.45, 7) is 0.192. The number of nitrogens with one attached hydrogen (secondary N) is 2. The van der Waals surface area contributed by atoms with E-state index in [0.717, 1.165) is 0 Å². The second-order valence-electron chi connectivity index (χ2n) is 7.59. The zero-order valence-corrected chi connectivity index (χ0v) is 18.5. The quantitative estimate of drug-likeness (QED) is 0.351. The molecule has 2 aromatic carbocycles. The van der Waals surface area contributed by atoms with Gasteiger partial charge in [-0.3, -0.25) is 4.79 Å². The van der Waals surface area contributed by atoms with E-state index in [1.54, 1.807) is 48.7 Å². The molecule has 174 valence electrons. The third-order valence-electron chi connectivity index (χ3n) is 5.36. The summed E-state index contributed by atoms with van der Waals surface area (Å²) >= 11 is 0. The van der Waals surface area contributed by atoms with Crippen LogP contribution in [0.25, 0.3) is 11.5 Å². The maximum atomic E-state index is 14.2. The van der Waals surface area contributed by atoms with Crippen molar-refractivity contribution in [2.24, 2.45) is 7.05 Å². The van der Waals surface area contributed by atoms with E-state index >= 15 is 0 Å². The van der Waals surface area contributed by atoms with Crippen molar-refractivity contribution in [1.82, 2.24) is 30.0 Å². The zero-order chi connectivity index (χ0) is 23.9. The Labute approximate surface area is 195 Å². The van der Waals surface area contributed by atoms with E-state index in [9.17, 15) is 14.3 Å². The largest absolute Gasteiger partial charge is 0.396 e. The van der Waals surface area contributed by atoms with Gasteiger partial charge >= 0.3 is 0 Å². The van der Waals surface area contributed by atoms with Crippen LogP contribution in [0.2, 0.25) is 0 Å². The summed E-state index contributed by atoms with van der Waals surface area (Å²) in [6, 6.07) is 14.3. The van der Waals surface area contributed by atoms with Crippen LogP contribution in [0.4, 0.5) is 10.1 Å². The van der Waals surface area contributed by atoms with Gasteiger partial charge in [0.25, 0.3) is 5.91 Å². The number of nitrogens with zero attached hydrogens (tertiary/aromatic N) is 5. The van der Waals surface area contributed by atoms with Gasteiger partial charge < -0.3 is 20.3 Å². The van der Waals surface area contributed by atoms with Gasteiger partial charge in [-0.1, -0.05) is 24.3 Å². The van der Waals surface area contributed by atoms with Gasteiger partial charge in [0.15, 0.2) is 11.6 Å². The predicted molar refractivity (Wildman–Crippen MR) is 124 cm³/mol. The second-order valence-corrected chi connectivity index (χ2v) is 7.59. The maximum Gasteiger partial charge on any atom is 0.251 e. The second kappa shape index (κ2) is 10.6. The summed E-state index contributed by atoms with van der Waals surface area (Å²) in [5.41, 5.74) is 2.12. The summed E-state index contributed by atoms with van der Waals surface area (Å²) in [5, 5.41) is 23.9. The smallest absolute Gasteiger partial charge is 0.251 e. The van der Waals surface area contributed by atoms with Gasteiger partial charge in [0, 0.05) is 36.7 Å². The molecule has 10 heteroatoms. The molecule has 4 aromatic rings. The van der Waals surface area contributed by atoms with Gasteiger partial charge in [0.1, 0.15) is 17.8 Å². The molecule has 3 N–H and O–H groups in total. The van der Waals surface area contributed by atoms with Crippen LogP contribution in [-0.2, 0) is 13.6 Å². The average molecular weight is 462 g/mol. The van der Waals surface area contributed by atoms with Crippen molar-refractivity contribution in [3.05, 3.63) is 89.9 Å². The number of hydrogen-bond donors (Lipinski definition) is 3. The minimum atomic E-state index is -0.644. The lowest BCUT2D eigenvalue weighted by Crippen LogP contribution is -2.30. The molecule has 0 saturated heterocycles. The van der Waals surface area contributed by atoms with Crippen LogP contribution < -0.4 is 10.6 Å². The highest BCUT2D eigenvalue weighted by Gasteiger charge is 2.19. The molecule has 2 heterocycles. The highest BCUT2D eigenvalue weighted by molar-refractivity contribution is 5.95. The Morgan fingerprint density at radius 1 is 1.15 bits per heavy atom. The molecule has 1 amide bonds. The van der Waals surface area contributed by atoms with Gasteiger partial charge in [-0.15, -0.1) is 10.2 Å². The third-order valence-corrected chi connectivity index (χ3v) is 5.36. The number of aromatic nitrogens is 5. The summed E-state index contributed by atoms with van der Waals surface area (Å²) in [6.07, 6.45) is 3.30. The van der Waals surface area contributed by atoms with Gasteiger partial charge in [0.2, 0.25) is 0 Å². The first-order chi connectivity index (χ1) is 16.6. The van der Waals surface area contributed by atoms with Crippen LogP contribution >= 0.6 is 0 Å². The molecular formula is C24H24FN7O2. The minimum Gasteiger partial charge on any atom is -0.396 e. The van der Waals surface area contributed by atoms with E-state index in [2.05, 4.69) is 30.8 Å². The molecule has 0 radical (unpaired) electrons. The minimum absolute atomic E-state index is 0.185. The van der Waals surface area contributed by atoms with Crippen molar-refractivity contribution in [2.45, 2.75) is 19.0 Å². The molecule has 0 aliphatic carbocycles. The Morgan fingerprint density at radius 3 is 2.76 bits per heavy atom. The Kier molecular flexibility index (Phi) is 7.19.